The molecule has 0 aliphatic carbocycles. The van der Waals surface area contributed by atoms with Gasteiger partial charge in [-0.25, -0.2) is 0 Å². The fraction of sp³-hybridized carbons (Fsp3) is 1.00. The first-order chi connectivity index (χ1) is 9.25. The summed E-state index contributed by atoms with van der Waals surface area (Å²) in [6.07, 6.45) is 9.57. The van der Waals surface area contributed by atoms with E-state index in [-0.39, 0.29) is 5.60 Å². The highest BCUT2D eigenvalue weighted by Gasteiger charge is 2.38. The Morgan fingerprint density at radius 1 is 0.900 bits per heavy atom. The third kappa shape index (κ3) is 8.86. The van der Waals surface area contributed by atoms with Crippen LogP contribution >= 0.6 is 22.6 Å². The summed E-state index contributed by atoms with van der Waals surface area (Å²) in [5.41, 5.74) is 0.311. The molecular formula is C18H37IO. The van der Waals surface area contributed by atoms with E-state index in [1.807, 2.05) is 0 Å². The van der Waals surface area contributed by atoms with Crippen LogP contribution in [0.5, 0.6) is 0 Å². The standard InChI is InChI=1S/C18H37IO/c1-7-8-9-10-11-12-13-16(17(2,3)4)18(5,6)20-15-14-19/h16H,7-15H2,1-6H3. The Balaban J connectivity index is 4.29. The highest BCUT2D eigenvalue weighted by molar-refractivity contribution is 14.1. The third-order valence-electron chi connectivity index (χ3n) is 4.28. The van der Waals surface area contributed by atoms with Crippen LogP contribution in [-0.2, 0) is 4.74 Å². The van der Waals surface area contributed by atoms with Crippen molar-refractivity contribution >= 4 is 22.6 Å². The minimum Gasteiger partial charge on any atom is -0.374 e. The van der Waals surface area contributed by atoms with Gasteiger partial charge in [0.1, 0.15) is 0 Å². The fourth-order valence-electron chi connectivity index (χ4n) is 3.35. The zero-order valence-electron chi connectivity index (χ0n) is 14.7. The van der Waals surface area contributed by atoms with Gasteiger partial charge in [-0.15, -0.1) is 0 Å². The lowest BCUT2D eigenvalue weighted by molar-refractivity contribution is -0.0892. The number of rotatable bonds is 11. The van der Waals surface area contributed by atoms with Crippen molar-refractivity contribution in [1.82, 2.24) is 0 Å². The van der Waals surface area contributed by atoms with E-state index in [4.69, 9.17) is 4.74 Å². The second-order valence-corrected chi connectivity index (χ2v) is 8.69. The summed E-state index contributed by atoms with van der Waals surface area (Å²) in [5, 5.41) is 0. The van der Waals surface area contributed by atoms with Crippen LogP contribution in [0.1, 0.15) is 86.5 Å². The summed E-state index contributed by atoms with van der Waals surface area (Å²) in [6.45, 7) is 14.8. The van der Waals surface area contributed by atoms with Crippen LogP contribution in [0.3, 0.4) is 0 Å². The van der Waals surface area contributed by atoms with Gasteiger partial charge in [0.2, 0.25) is 0 Å². The van der Waals surface area contributed by atoms with E-state index in [2.05, 4.69) is 64.1 Å². The van der Waals surface area contributed by atoms with E-state index in [9.17, 15) is 0 Å². The molecule has 0 aliphatic rings. The molecule has 0 aromatic carbocycles. The van der Waals surface area contributed by atoms with E-state index in [1.165, 1.54) is 44.9 Å². The molecule has 1 unspecified atom stereocenters. The summed E-state index contributed by atoms with van der Waals surface area (Å²) in [7, 11) is 0. The van der Waals surface area contributed by atoms with Gasteiger partial charge in [-0.1, -0.05) is 88.8 Å². The largest absolute Gasteiger partial charge is 0.374 e. The van der Waals surface area contributed by atoms with Crippen molar-refractivity contribution in [3.63, 3.8) is 0 Å². The molecule has 0 aromatic rings. The van der Waals surface area contributed by atoms with Gasteiger partial charge in [0.15, 0.2) is 0 Å². The number of halogens is 1. The highest BCUT2D eigenvalue weighted by atomic mass is 127. The molecule has 0 aliphatic heterocycles. The lowest BCUT2D eigenvalue weighted by atomic mass is 9.69. The quantitative estimate of drug-likeness (QED) is 0.216. The maximum atomic E-state index is 6.16. The van der Waals surface area contributed by atoms with Gasteiger partial charge in [0, 0.05) is 4.43 Å². The summed E-state index contributed by atoms with van der Waals surface area (Å²) >= 11 is 2.39. The van der Waals surface area contributed by atoms with Crippen LogP contribution < -0.4 is 0 Å². The van der Waals surface area contributed by atoms with Gasteiger partial charge < -0.3 is 4.74 Å². The van der Waals surface area contributed by atoms with Crippen LogP contribution in [0, 0.1) is 11.3 Å². The fourth-order valence-corrected chi connectivity index (χ4v) is 3.57. The maximum Gasteiger partial charge on any atom is 0.0659 e. The third-order valence-corrected chi connectivity index (χ3v) is 4.72. The van der Waals surface area contributed by atoms with E-state index >= 15 is 0 Å². The molecule has 122 valence electrons. The molecular weight excluding hydrogens is 359 g/mol. The van der Waals surface area contributed by atoms with E-state index in [0.717, 1.165) is 11.0 Å². The van der Waals surface area contributed by atoms with Crippen molar-refractivity contribution in [2.75, 3.05) is 11.0 Å². The van der Waals surface area contributed by atoms with Crippen molar-refractivity contribution in [2.45, 2.75) is 92.1 Å². The second kappa shape index (κ2) is 10.4. The Morgan fingerprint density at radius 2 is 1.45 bits per heavy atom. The average Bonchev–Trinajstić information content (AvgIpc) is 2.33. The normalized spacial score (nSPS) is 14.6. The molecule has 0 N–H and O–H groups in total. The van der Waals surface area contributed by atoms with Crippen molar-refractivity contribution in [3.05, 3.63) is 0 Å². The minimum absolute atomic E-state index is 0.00710. The van der Waals surface area contributed by atoms with Crippen molar-refractivity contribution in [2.24, 2.45) is 11.3 Å². The molecule has 0 saturated carbocycles. The molecule has 0 heterocycles. The summed E-state index contributed by atoms with van der Waals surface area (Å²) < 4.78 is 7.23. The molecule has 2 heteroatoms. The van der Waals surface area contributed by atoms with Crippen LogP contribution in [0.25, 0.3) is 0 Å². The molecule has 0 radical (unpaired) electrons. The topological polar surface area (TPSA) is 9.23 Å². The van der Waals surface area contributed by atoms with Crippen molar-refractivity contribution in [3.8, 4) is 0 Å². The number of ether oxygens (including phenoxy) is 1. The van der Waals surface area contributed by atoms with E-state index < -0.39 is 0 Å². The van der Waals surface area contributed by atoms with E-state index in [1.54, 1.807) is 0 Å². The molecule has 1 nitrogen and oxygen atoms in total. The average molecular weight is 396 g/mol. The zero-order chi connectivity index (χ0) is 15.6. The number of hydrogen-bond acceptors (Lipinski definition) is 1. The minimum atomic E-state index is -0.00710. The molecule has 0 rings (SSSR count). The van der Waals surface area contributed by atoms with E-state index in [0.29, 0.717) is 11.3 Å². The summed E-state index contributed by atoms with van der Waals surface area (Å²) in [5.74, 6) is 0.629. The highest BCUT2D eigenvalue weighted by Crippen LogP contribution is 2.40. The lowest BCUT2D eigenvalue weighted by Crippen LogP contribution is -2.42. The van der Waals surface area contributed by atoms with Crippen molar-refractivity contribution < 1.29 is 4.74 Å². The zero-order valence-corrected chi connectivity index (χ0v) is 16.9. The maximum absolute atomic E-state index is 6.16. The second-order valence-electron chi connectivity index (χ2n) is 7.62. The Bertz CT molecular complexity index is 230. The smallest absolute Gasteiger partial charge is 0.0659 e. The molecule has 0 bridgehead atoms. The predicted octanol–water partition coefficient (Wildman–Crippen LogP) is 6.63. The first-order valence-electron chi connectivity index (χ1n) is 8.45. The number of alkyl halides is 1. The first-order valence-corrected chi connectivity index (χ1v) is 9.98. The van der Waals surface area contributed by atoms with Crippen molar-refractivity contribution in [1.29, 1.82) is 0 Å². The van der Waals surface area contributed by atoms with Gasteiger partial charge in [0.05, 0.1) is 12.2 Å². The molecule has 0 fully saturated rings. The molecule has 0 spiro atoms. The Hall–Kier alpha value is 0.690. The van der Waals surface area contributed by atoms with Gasteiger partial charge in [-0.2, -0.15) is 0 Å². The lowest BCUT2D eigenvalue weighted by Gasteiger charge is -2.43. The molecule has 20 heavy (non-hydrogen) atoms. The molecule has 0 aromatic heterocycles. The van der Waals surface area contributed by atoms with Gasteiger partial charge >= 0.3 is 0 Å². The molecule has 0 saturated heterocycles. The Morgan fingerprint density at radius 3 is 1.95 bits per heavy atom. The SMILES string of the molecule is CCCCCCCCC(C(C)(C)C)C(C)(C)OCCI. The van der Waals surface area contributed by atoms with Crippen LogP contribution in [0.4, 0.5) is 0 Å². The molecule has 0 amide bonds. The first kappa shape index (κ1) is 20.7. The number of hydrogen-bond donors (Lipinski definition) is 0. The molecule has 1 atom stereocenters. The predicted molar refractivity (Wildman–Crippen MR) is 99.9 cm³/mol. The summed E-state index contributed by atoms with van der Waals surface area (Å²) in [4.78, 5) is 0. The van der Waals surface area contributed by atoms with Crippen LogP contribution in [0.15, 0.2) is 0 Å². The van der Waals surface area contributed by atoms with Crippen LogP contribution in [-0.4, -0.2) is 16.6 Å². The number of unbranched alkanes of at least 4 members (excludes halogenated alkanes) is 5. The van der Waals surface area contributed by atoms with Crippen LogP contribution in [0.2, 0.25) is 0 Å². The van der Waals surface area contributed by atoms with Gasteiger partial charge in [-0.3, -0.25) is 0 Å². The van der Waals surface area contributed by atoms with Gasteiger partial charge in [0.25, 0.3) is 0 Å². The van der Waals surface area contributed by atoms with Gasteiger partial charge in [-0.05, 0) is 31.6 Å². The Kier molecular flexibility index (Phi) is 10.8. The summed E-state index contributed by atoms with van der Waals surface area (Å²) in [6, 6.07) is 0. The monoisotopic (exact) mass is 396 g/mol. The Labute approximate surface area is 141 Å².